The van der Waals surface area contributed by atoms with Gasteiger partial charge in [0.05, 0.1) is 18.6 Å². The molecule has 2 rings (SSSR count). The quantitative estimate of drug-likeness (QED) is 0.347. The van der Waals surface area contributed by atoms with E-state index in [9.17, 15) is 9.90 Å². The largest absolute Gasteiger partial charge is 0.462 e. The summed E-state index contributed by atoms with van der Waals surface area (Å²) in [6.45, 7) is 1.84. The van der Waals surface area contributed by atoms with Gasteiger partial charge in [-0.15, -0.1) is 0 Å². The molecule has 0 aromatic heterocycles. The second kappa shape index (κ2) is 3.71. The zero-order valence-corrected chi connectivity index (χ0v) is 8.05. The fourth-order valence-corrected chi connectivity index (χ4v) is 1.64. The Balaban J connectivity index is 2.02. The predicted molar refractivity (Wildman–Crippen MR) is 48.6 cm³/mol. The monoisotopic (exact) mass is 198 g/mol. The van der Waals surface area contributed by atoms with Crippen LogP contribution >= 0.6 is 0 Å². The molecule has 78 valence electrons. The van der Waals surface area contributed by atoms with Crippen molar-refractivity contribution in [2.45, 2.75) is 44.2 Å². The third-order valence-corrected chi connectivity index (χ3v) is 2.42. The van der Waals surface area contributed by atoms with Crippen molar-refractivity contribution in [3.8, 4) is 0 Å². The molecule has 1 saturated heterocycles. The smallest absolute Gasteiger partial charge is 0.309 e. The molecule has 0 spiro atoms. The summed E-state index contributed by atoms with van der Waals surface area (Å²) in [6.07, 6.45) is 3.55. The highest BCUT2D eigenvalue weighted by Gasteiger charge is 2.38. The van der Waals surface area contributed by atoms with Crippen LogP contribution in [0.25, 0.3) is 0 Å². The number of hydrogen-bond acceptors (Lipinski definition) is 4. The molecule has 4 nitrogen and oxygen atoms in total. The third-order valence-electron chi connectivity index (χ3n) is 2.42. The molecule has 14 heavy (non-hydrogen) atoms. The Morgan fingerprint density at radius 3 is 3.07 bits per heavy atom. The molecule has 1 fully saturated rings. The molecule has 4 unspecified atom stereocenters. The molecule has 0 amide bonds. The van der Waals surface area contributed by atoms with Gasteiger partial charge in [0.15, 0.2) is 0 Å². The first kappa shape index (κ1) is 9.68. The van der Waals surface area contributed by atoms with Crippen molar-refractivity contribution in [2.24, 2.45) is 0 Å². The average Bonchev–Trinajstić information content (AvgIpc) is 2.78. The van der Waals surface area contributed by atoms with E-state index in [0.29, 0.717) is 0 Å². The molecule has 4 atom stereocenters. The van der Waals surface area contributed by atoms with E-state index in [1.807, 2.05) is 13.0 Å². The summed E-state index contributed by atoms with van der Waals surface area (Å²) in [4.78, 5) is 11.2. The molecule has 2 aliphatic rings. The van der Waals surface area contributed by atoms with E-state index < -0.39 is 6.10 Å². The number of hydrogen-bond donors (Lipinski definition) is 1. The summed E-state index contributed by atoms with van der Waals surface area (Å²) < 4.78 is 10.4. The lowest BCUT2D eigenvalue weighted by Crippen LogP contribution is -2.21. The van der Waals surface area contributed by atoms with E-state index in [0.717, 1.165) is 6.42 Å². The minimum absolute atomic E-state index is 0.0260. The Hall–Kier alpha value is -0.870. The van der Waals surface area contributed by atoms with Gasteiger partial charge in [-0.1, -0.05) is 12.2 Å². The van der Waals surface area contributed by atoms with Gasteiger partial charge in [-0.25, -0.2) is 0 Å². The van der Waals surface area contributed by atoms with Gasteiger partial charge < -0.3 is 14.6 Å². The van der Waals surface area contributed by atoms with Crippen LogP contribution in [-0.2, 0) is 14.3 Å². The number of esters is 1. The van der Waals surface area contributed by atoms with Gasteiger partial charge in [-0.2, -0.15) is 0 Å². The molecule has 2 heterocycles. The maximum absolute atomic E-state index is 11.2. The van der Waals surface area contributed by atoms with Crippen LogP contribution in [0.3, 0.4) is 0 Å². The first-order valence-electron chi connectivity index (χ1n) is 4.86. The summed E-state index contributed by atoms with van der Waals surface area (Å²) in [5.74, 6) is -0.353. The van der Waals surface area contributed by atoms with Crippen molar-refractivity contribution in [2.75, 3.05) is 0 Å². The number of ether oxygens (including phenoxy) is 2. The standard InChI is InChI=1S/C10H14O4/c1-6-4-9-8(14-9)3-2-7(11)5-10(12)13-6/h2-3,6-9,11H,4-5H2,1H3/b3-2-. The maximum Gasteiger partial charge on any atom is 0.309 e. The lowest BCUT2D eigenvalue weighted by atomic mass is 10.1. The van der Waals surface area contributed by atoms with Crippen LogP contribution in [0.4, 0.5) is 0 Å². The van der Waals surface area contributed by atoms with E-state index in [1.165, 1.54) is 0 Å². The molecule has 0 bridgehead atoms. The van der Waals surface area contributed by atoms with Gasteiger partial charge in [-0.3, -0.25) is 4.79 Å². The molecule has 0 aliphatic carbocycles. The first-order valence-corrected chi connectivity index (χ1v) is 4.86. The second-order valence-electron chi connectivity index (χ2n) is 3.83. The third kappa shape index (κ3) is 2.33. The van der Waals surface area contributed by atoms with Crippen LogP contribution in [0.2, 0.25) is 0 Å². The Kier molecular flexibility index (Phi) is 2.56. The molecule has 0 aromatic carbocycles. The van der Waals surface area contributed by atoms with Gasteiger partial charge in [0.1, 0.15) is 12.2 Å². The normalized spacial score (nSPS) is 44.9. The van der Waals surface area contributed by atoms with E-state index in [2.05, 4.69) is 0 Å². The number of epoxide rings is 1. The summed E-state index contributed by atoms with van der Waals surface area (Å²) in [7, 11) is 0. The Bertz CT molecular complexity index is 261. The lowest BCUT2D eigenvalue weighted by Gasteiger charge is -2.13. The zero-order valence-electron chi connectivity index (χ0n) is 8.05. The van der Waals surface area contributed by atoms with Crippen LogP contribution in [0.1, 0.15) is 19.8 Å². The summed E-state index contributed by atoms with van der Waals surface area (Å²) in [5, 5.41) is 9.38. The number of fused-ring (bicyclic) bond motifs is 1. The van der Waals surface area contributed by atoms with Crippen LogP contribution in [-0.4, -0.2) is 35.5 Å². The average molecular weight is 198 g/mol. The van der Waals surface area contributed by atoms with Crippen LogP contribution in [0, 0.1) is 0 Å². The highest BCUT2D eigenvalue weighted by Crippen LogP contribution is 2.29. The maximum atomic E-state index is 11.2. The Labute approximate surface area is 82.5 Å². The highest BCUT2D eigenvalue weighted by atomic mass is 16.6. The van der Waals surface area contributed by atoms with E-state index in [1.54, 1.807) is 6.08 Å². The van der Waals surface area contributed by atoms with Crippen molar-refractivity contribution in [3.05, 3.63) is 12.2 Å². The van der Waals surface area contributed by atoms with Crippen molar-refractivity contribution in [1.29, 1.82) is 0 Å². The van der Waals surface area contributed by atoms with Gasteiger partial charge in [0.2, 0.25) is 0 Å². The lowest BCUT2D eigenvalue weighted by molar-refractivity contribution is -0.150. The minimum Gasteiger partial charge on any atom is -0.462 e. The molecule has 0 radical (unpaired) electrons. The van der Waals surface area contributed by atoms with E-state index in [-0.39, 0.29) is 30.7 Å². The number of carbonyl (C=O) groups is 1. The first-order chi connectivity index (χ1) is 6.65. The molecule has 0 saturated carbocycles. The van der Waals surface area contributed by atoms with Crippen molar-refractivity contribution < 1.29 is 19.4 Å². The van der Waals surface area contributed by atoms with E-state index in [4.69, 9.17) is 9.47 Å². The van der Waals surface area contributed by atoms with E-state index >= 15 is 0 Å². The van der Waals surface area contributed by atoms with Gasteiger partial charge in [0.25, 0.3) is 0 Å². The van der Waals surface area contributed by atoms with Gasteiger partial charge >= 0.3 is 5.97 Å². The molecule has 4 heteroatoms. The fraction of sp³-hybridized carbons (Fsp3) is 0.700. The minimum atomic E-state index is -0.752. The highest BCUT2D eigenvalue weighted by molar-refractivity contribution is 5.70. The topological polar surface area (TPSA) is 59.1 Å². The summed E-state index contributed by atoms with van der Waals surface area (Å²) in [5.41, 5.74) is 0. The molecular formula is C10H14O4. The zero-order chi connectivity index (χ0) is 10.1. The Morgan fingerprint density at radius 1 is 1.50 bits per heavy atom. The number of aliphatic hydroxyl groups excluding tert-OH is 1. The fourth-order valence-electron chi connectivity index (χ4n) is 1.64. The van der Waals surface area contributed by atoms with Crippen molar-refractivity contribution >= 4 is 5.97 Å². The Morgan fingerprint density at radius 2 is 2.29 bits per heavy atom. The molecule has 0 aromatic rings. The van der Waals surface area contributed by atoms with Crippen molar-refractivity contribution in [3.63, 3.8) is 0 Å². The van der Waals surface area contributed by atoms with Crippen LogP contribution < -0.4 is 0 Å². The van der Waals surface area contributed by atoms with Gasteiger partial charge in [0, 0.05) is 6.42 Å². The van der Waals surface area contributed by atoms with Crippen LogP contribution in [0.15, 0.2) is 12.2 Å². The predicted octanol–water partition coefficient (Wildman–Crippen LogP) is 0.396. The molecule has 2 aliphatic heterocycles. The van der Waals surface area contributed by atoms with Crippen LogP contribution in [0.5, 0.6) is 0 Å². The number of carbonyl (C=O) groups excluding carboxylic acids is 1. The van der Waals surface area contributed by atoms with Crippen molar-refractivity contribution in [1.82, 2.24) is 0 Å². The number of rotatable bonds is 0. The number of aliphatic hydroxyl groups is 1. The molecular weight excluding hydrogens is 184 g/mol. The SMILES string of the molecule is CC1CC2OC2/C=C\C(O)CC(=O)O1. The molecule has 1 N–H and O–H groups in total. The number of cyclic esters (lactones) is 1. The second-order valence-corrected chi connectivity index (χ2v) is 3.83. The van der Waals surface area contributed by atoms with Gasteiger partial charge in [-0.05, 0) is 6.92 Å². The summed E-state index contributed by atoms with van der Waals surface area (Å²) in [6, 6.07) is 0. The summed E-state index contributed by atoms with van der Waals surface area (Å²) >= 11 is 0.